The Labute approximate surface area is 133 Å². The highest BCUT2D eigenvalue weighted by atomic mass is 16.6. The van der Waals surface area contributed by atoms with Crippen LogP contribution in [-0.4, -0.2) is 23.0 Å². The van der Waals surface area contributed by atoms with Crippen LogP contribution in [0, 0.1) is 0 Å². The van der Waals surface area contributed by atoms with Crippen molar-refractivity contribution in [1.82, 2.24) is 16.0 Å². The molecule has 23 heavy (non-hydrogen) atoms. The fourth-order valence-electron chi connectivity index (χ4n) is 3.61. The Hall–Kier alpha value is -2.37. The first kappa shape index (κ1) is 13.1. The number of Topliss-reactive ketones (excluding diaryl/α,β-unsaturated/α-hetero) is 1. The molecule has 0 amide bonds. The average Bonchev–Trinajstić information content (AvgIpc) is 3.22. The van der Waals surface area contributed by atoms with Crippen LogP contribution in [0.15, 0.2) is 53.9 Å². The number of hydrazine groups is 2. The molecule has 0 saturated carbocycles. The first-order chi connectivity index (χ1) is 11.3. The molecule has 1 aliphatic carbocycles. The summed E-state index contributed by atoms with van der Waals surface area (Å²) in [4.78, 5) is 12.1. The van der Waals surface area contributed by atoms with E-state index in [2.05, 4.69) is 47.4 Å². The summed E-state index contributed by atoms with van der Waals surface area (Å²) in [6.07, 6.45) is 1.33. The Morgan fingerprint density at radius 2 is 2.00 bits per heavy atom. The number of nitrogens with one attached hydrogen (secondary N) is 2. The van der Waals surface area contributed by atoms with E-state index in [1.807, 2.05) is 11.1 Å². The van der Waals surface area contributed by atoms with E-state index in [4.69, 9.17) is 4.74 Å². The van der Waals surface area contributed by atoms with Crippen LogP contribution in [0.25, 0.3) is 10.8 Å². The molecule has 0 bridgehead atoms. The summed E-state index contributed by atoms with van der Waals surface area (Å²) in [5.74, 6) is 0.162. The molecule has 1 saturated heterocycles. The second-order valence-corrected chi connectivity index (χ2v) is 6.43. The van der Waals surface area contributed by atoms with Crippen LogP contribution >= 0.6 is 0 Å². The van der Waals surface area contributed by atoms with Crippen molar-refractivity contribution in [3.05, 3.63) is 59.4 Å². The molecule has 0 radical (unpaired) electrons. The van der Waals surface area contributed by atoms with E-state index < -0.39 is 0 Å². The highest BCUT2D eigenvalue weighted by Crippen LogP contribution is 2.46. The van der Waals surface area contributed by atoms with Crippen LogP contribution < -0.4 is 11.0 Å². The number of hydrogen-bond donors (Lipinski definition) is 2. The van der Waals surface area contributed by atoms with Crippen molar-refractivity contribution in [3.63, 3.8) is 0 Å². The van der Waals surface area contributed by atoms with Gasteiger partial charge in [0.2, 0.25) is 0 Å². The molecule has 2 aliphatic heterocycles. The van der Waals surface area contributed by atoms with Gasteiger partial charge in [-0.25, -0.2) is 0 Å². The lowest BCUT2D eigenvalue weighted by Crippen LogP contribution is -2.40. The van der Waals surface area contributed by atoms with Crippen LogP contribution in [0.2, 0.25) is 0 Å². The molecule has 5 heteroatoms. The largest absolute Gasteiger partial charge is 0.363 e. The standard InChI is InChI=1S/C18H17N3O2/c22-15-7-8-18(11-23-18)17-16(15)19-20-21(17)10-12-5-6-13-3-1-2-4-14(13)9-12/h1-6,9,19-20H,7-8,10-11H2. The SMILES string of the molecule is O=C1CCC2(CO2)C2=C1NNN2Cc1ccc2ccccc2c1. The first-order valence-corrected chi connectivity index (χ1v) is 7.94. The summed E-state index contributed by atoms with van der Waals surface area (Å²) in [6.45, 7) is 1.39. The Morgan fingerprint density at radius 3 is 2.83 bits per heavy atom. The average molecular weight is 307 g/mol. The van der Waals surface area contributed by atoms with Crippen LogP contribution in [-0.2, 0) is 16.1 Å². The van der Waals surface area contributed by atoms with Crippen molar-refractivity contribution >= 4 is 16.6 Å². The minimum atomic E-state index is -0.253. The monoisotopic (exact) mass is 307 g/mol. The Balaban J connectivity index is 1.49. The summed E-state index contributed by atoms with van der Waals surface area (Å²) in [6, 6.07) is 14.8. The van der Waals surface area contributed by atoms with Crippen molar-refractivity contribution in [2.75, 3.05) is 6.61 Å². The van der Waals surface area contributed by atoms with Gasteiger partial charge in [-0.15, -0.1) is 5.53 Å². The molecular formula is C18H17N3O2. The highest BCUT2D eigenvalue weighted by Gasteiger charge is 2.56. The van der Waals surface area contributed by atoms with Crippen LogP contribution in [0.3, 0.4) is 0 Å². The maximum Gasteiger partial charge on any atom is 0.182 e. The zero-order valence-corrected chi connectivity index (χ0v) is 12.6. The van der Waals surface area contributed by atoms with Gasteiger partial charge in [0.15, 0.2) is 5.78 Å². The third-order valence-corrected chi connectivity index (χ3v) is 4.94. The molecule has 2 N–H and O–H groups in total. The molecule has 2 aromatic carbocycles. The molecule has 1 fully saturated rings. The van der Waals surface area contributed by atoms with Crippen LogP contribution in [0.4, 0.5) is 0 Å². The maximum absolute atomic E-state index is 12.1. The smallest absolute Gasteiger partial charge is 0.182 e. The molecule has 1 atom stereocenters. The number of nitrogens with zero attached hydrogens (tertiary/aromatic N) is 1. The van der Waals surface area contributed by atoms with E-state index in [0.29, 0.717) is 25.3 Å². The number of allylic oxidation sites excluding steroid dienone is 1. The second kappa shape index (κ2) is 4.57. The van der Waals surface area contributed by atoms with E-state index >= 15 is 0 Å². The minimum Gasteiger partial charge on any atom is -0.363 e. The lowest BCUT2D eigenvalue weighted by atomic mass is 9.89. The number of carbonyl (C=O) groups excluding carboxylic acids is 1. The number of hydrogen-bond acceptors (Lipinski definition) is 5. The summed E-state index contributed by atoms with van der Waals surface area (Å²) in [5, 5.41) is 4.48. The Bertz CT molecular complexity index is 854. The predicted octanol–water partition coefficient (Wildman–Crippen LogP) is 2.01. The molecule has 0 aromatic heterocycles. The number of rotatable bonds is 2. The number of benzene rings is 2. The fraction of sp³-hybridized carbons (Fsp3) is 0.278. The molecule has 1 unspecified atom stereocenters. The van der Waals surface area contributed by atoms with Crippen molar-refractivity contribution in [2.24, 2.45) is 0 Å². The number of ether oxygens (including phenoxy) is 1. The number of carbonyl (C=O) groups is 1. The summed E-state index contributed by atoms with van der Waals surface area (Å²) < 4.78 is 5.71. The molecule has 1 spiro atoms. The van der Waals surface area contributed by atoms with Gasteiger partial charge in [-0.3, -0.25) is 15.2 Å². The zero-order chi connectivity index (χ0) is 15.4. The van der Waals surface area contributed by atoms with E-state index in [0.717, 1.165) is 12.1 Å². The summed E-state index contributed by atoms with van der Waals surface area (Å²) in [5.41, 5.74) is 8.76. The van der Waals surface area contributed by atoms with Gasteiger partial charge in [-0.05, 0) is 28.8 Å². The highest BCUT2D eigenvalue weighted by molar-refractivity contribution is 5.97. The van der Waals surface area contributed by atoms with Gasteiger partial charge in [-0.1, -0.05) is 36.4 Å². The number of epoxide rings is 1. The number of fused-ring (bicyclic) bond motifs is 2. The van der Waals surface area contributed by atoms with Gasteiger partial charge in [0.05, 0.1) is 18.8 Å². The van der Waals surface area contributed by atoms with Crippen LogP contribution in [0.1, 0.15) is 18.4 Å². The van der Waals surface area contributed by atoms with Gasteiger partial charge in [0.1, 0.15) is 11.3 Å². The van der Waals surface area contributed by atoms with Crippen molar-refractivity contribution in [1.29, 1.82) is 0 Å². The van der Waals surface area contributed by atoms with E-state index in [1.165, 1.54) is 16.3 Å². The maximum atomic E-state index is 12.1. The van der Waals surface area contributed by atoms with Gasteiger partial charge in [0.25, 0.3) is 0 Å². The minimum absolute atomic E-state index is 0.162. The molecule has 2 heterocycles. The van der Waals surface area contributed by atoms with Crippen molar-refractivity contribution < 1.29 is 9.53 Å². The van der Waals surface area contributed by atoms with E-state index in [-0.39, 0.29) is 11.4 Å². The lowest BCUT2D eigenvalue weighted by Gasteiger charge is -2.27. The molecule has 5 rings (SSSR count). The molecular weight excluding hydrogens is 290 g/mol. The van der Waals surface area contributed by atoms with Crippen LogP contribution in [0.5, 0.6) is 0 Å². The third-order valence-electron chi connectivity index (χ3n) is 4.94. The van der Waals surface area contributed by atoms with Gasteiger partial charge in [-0.2, -0.15) is 0 Å². The molecule has 3 aliphatic rings. The third kappa shape index (κ3) is 1.97. The van der Waals surface area contributed by atoms with Gasteiger partial charge in [0, 0.05) is 6.42 Å². The Morgan fingerprint density at radius 1 is 1.17 bits per heavy atom. The van der Waals surface area contributed by atoms with E-state index in [1.54, 1.807) is 0 Å². The summed E-state index contributed by atoms with van der Waals surface area (Å²) in [7, 11) is 0. The molecule has 2 aromatic rings. The lowest BCUT2D eigenvalue weighted by molar-refractivity contribution is -0.116. The predicted molar refractivity (Wildman–Crippen MR) is 85.7 cm³/mol. The molecule has 116 valence electrons. The summed E-state index contributed by atoms with van der Waals surface area (Å²) >= 11 is 0. The zero-order valence-electron chi connectivity index (χ0n) is 12.6. The van der Waals surface area contributed by atoms with Gasteiger partial charge >= 0.3 is 0 Å². The fourth-order valence-corrected chi connectivity index (χ4v) is 3.61. The number of ketones is 1. The Kier molecular flexibility index (Phi) is 2.60. The molecule has 5 nitrogen and oxygen atoms in total. The topological polar surface area (TPSA) is 56.9 Å². The first-order valence-electron chi connectivity index (χ1n) is 7.94. The normalized spacial score (nSPS) is 25.9. The van der Waals surface area contributed by atoms with Gasteiger partial charge < -0.3 is 4.74 Å². The quantitative estimate of drug-likeness (QED) is 0.831. The van der Waals surface area contributed by atoms with Crippen molar-refractivity contribution in [2.45, 2.75) is 25.0 Å². The van der Waals surface area contributed by atoms with E-state index in [9.17, 15) is 4.79 Å². The van der Waals surface area contributed by atoms with Crippen molar-refractivity contribution in [3.8, 4) is 0 Å². The second-order valence-electron chi connectivity index (χ2n) is 6.43.